The number of hydrogen-bond acceptors (Lipinski definition) is 5. The number of sulfonamides is 1. The van der Waals surface area contributed by atoms with E-state index in [1.807, 2.05) is 13.8 Å². The minimum atomic E-state index is -3.90. The van der Waals surface area contributed by atoms with Crippen LogP contribution in [-0.4, -0.2) is 29.2 Å². The van der Waals surface area contributed by atoms with Gasteiger partial charge in [-0.3, -0.25) is 13.9 Å². The zero-order valence-corrected chi connectivity index (χ0v) is 15.6. The number of fused-ring (bicyclic) bond motifs is 1. The summed E-state index contributed by atoms with van der Waals surface area (Å²) in [6, 6.07) is 8.14. The van der Waals surface area contributed by atoms with Crippen molar-refractivity contribution in [3.63, 3.8) is 0 Å². The molecule has 0 saturated heterocycles. The first kappa shape index (κ1) is 18.0. The quantitative estimate of drug-likeness (QED) is 0.708. The molecule has 1 aromatic carbocycles. The number of anilines is 1. The first-order valence-corrected chi connectivity index (χ1v) is 9.68. The minimum absolute atomic E-state index is 0.0106. The summed E-state index contributed by atoms with van der Waals surface area (Å²) in [4.78, 5) is 12.3. The molecule has 0 spiro atoms. The Labute approximate surface area is 151 Å². The predicted molar refractivity (Wildman–Crippen MR) is 98.2 cm³/mol. The fourth-order valence-electron chi connectivity index (χ4n) is 2.67. The summed E-state index contributed by atoms with van der Waals surface area (Å²) in [6.07, 6.45) is 1.97. The van der Waals surface area contributed by atoms with Gasteiger partial charge in [-0.25, -0.2) is 13.1 Å². The van der Waals surface area contributed by atoms with E-state index in [0.717, 1.165) is 0 Å². The predicted octanol–water partition coefficient (Wildman–Crippen LogP) is 1.79. The molecule has 9 heteroatoms. The van der Waals surface area contributed by atoms with Crippen molar-refractivity contribution < 1.29 is 13.2 Å². The number of ether oxygens (including phenoxy) is 1. The van der Waals surface area contributed by atoms with Gasteiger partial charge in [0.05, 0.1) is 12.3 Å². The van der Waals surface area contributed by atoms with E-state index in [-0.39, 0.29) is 16.0 Å². The van der Waals surface area contributed by atoms with E-state index in [1.54, 1.807) is 31.3 Å². The second-order valence-corrected chi connectivity index (χ2v) is 7.35. The lowest BCUT2D eigenvalue weighted by Crippen LogP contribution is -2.23. The van der Waals surface area contributed by atoms with Crippen LogP contribution < -0.4 is 15.0 Å². The van der Waals surface area contributed by atoms with E-state index >= 15 is 0 Å². The zero-order chi connectivity index (χ0) is 18.9. The molecule has 26 heavy (non-hydrogen) atoms. The summed E-state index contributed by atoms with van der Waals surface area (Å²) in [5, 5.41) is 4.17. The lowest BCUT2D eigenvalue weighted by molar-refractivity contribution is 0.342. The highest BCUT2D eigenvalue weighted by molar-refractivity contribution is 7.92. The fourth-order valence-corrected chi connectivity index (χ4v) is 3.76. The Morgan fingerprint density at radius 1 is 1.23 bits per heavy atom. The summed E-state index contributed by atoms with van der Waals surface area (Å²) >= 11 is 0. The van der Waals surface area contributed by atoms with Gasteiger partial charge in [0, 0.05) is 19.7 Å². The van der Waals surface area contributed by atoms with E-state index in [2.05, 4.69) is 9.82 Å². The number of aromatic nitrogens is 3. The first-order chi connectivity index (χ1) is 12.4. The van der Waals surface area contributed by atoms with Crippen molar-refractivity contribution in [2.24, 2.45) is 7.05 Å². The largest absolute Gasteiger partial charge is 0.492 e. The molecule has 3 rings (SSSR count). The van der Waals surface area contributed by atoms with Crippen LogP contribution in [-0.2, 0) is 23.5 Å². The van der Waals surface area contributed by atoms with Gasteiger partial charge in [-0.2, -0.15) is 5.10 Å². The van der Waals surface area contributed by atoms with Crippen LogP contribution in [0.3, 0.4) is 0 Å². The van der Waals surface area contributed by atoms with Gasteiger partial charge < -0.3 is 4.74 Å². The van der Waals surface area contributed by atoms with Gasteiger partial charge in [-0.15, -0.1) is 0 Å². The molecule has 0 aliphatic carbocycles. The molecule has 2 heterocycles. The number of hydrogen-bond donors (Lipinski definition) is 1. The van der Waals surface area contributed by atoms with Crippen molar-refractivity contribution in [2.45, 2.75) is 25.2 Å². The lowest BCUT2D eigenvalue weighted by atomic mass is 10.3. The van der Waals surface area contributed by atoms with E-state index in [4.69, 9.17) is 4.74 Å². The van der Waals surface area contributed by atoms with E-state index in [9.17, 15) is 13.2 Å². The highest BCUT2D eigenvalue weighted by atomic mass is 32.2. The SMILES string of the molecule is CCOc1ccccc1NS(=O)(=O)c1cc2c(=O)n(C)nc(CC)n2c1. The van der Waals surface area contributed by atoms with Crippen LogP contribution in [0.1, 0.15) is 19.7 Å². The van der Waals surface area contributed by atoms with Gasteiger partial charge in [-0.1, -0.05) is 19.1 Å². The summed E-state index contributed by atoms with van der Waals surface area (Å²) in [5.74, 6) is 1.03. The summed E-state index contributed by atoms with van der Waals surface area (Å²) in [6.45, 7) is 4.12. The summed E-state index contributed by atoms with van der Waals surface area (Å²) < 4.78 is 36.3. The van der Waals surface area contributed by atoms with Crippen LogP contribution in [0.4, 0.5) is 5.69 Å². The molecule has 8 nitrogen and oxygen atoms in total. The van der Waals surface area contributed by atoms with E-state index < -0.39 is 10.0 Å². The van der Waals surface area contributed by atoms with Gasteiger partial charge in [0.15, 0.2) is 0 Å². The Morgan fingerprint density at radius 2 is 1.96 bits per heavy atom. The monoisotopic (exact) mass is 376 g/mol. The zero-order valence-electron chi connectivity index (χ0n) is 14.8. The minimum Gasteiger partial charge on any atom is -0.492 e. The Balaban J connectivity index is 2.08. The van der Waals surface area contributed by atoms with Crippen molar-refractivity contribution in [1.29, 1.82) is 0 Å². The van der Waals surface area contributed by atoms with Crippen molar-refractivity contribution >= 4 is 21.2 Å². The number of aryl methyl sites for hydroxylation is 2. The molecule has 0 saturated carbocycles. The first-order valence-electron chi connectivity index (χ1n) is 8.20. The van der Waals surface area contributed by atoms with Crippen molar-refractivity contribution in [2.75, 3.05) is 11.3 Å². The van der Waals surface area contributed by atoms with Gasteiger partial charge in [0.2, 0.25) is 0 Å². The lowest BCUT2D eigenvalue weighted by Gasteiger charge is -2.11. The van der Waals surface area contributed by atoms with Crippen LogP contribution in [0.5, 0.6) is 5.75 Å². The van der Waals surface area contributed by atoms with Crippen LogP contribution in [0.2, 0.25) is 0 Å². The third kappa shape index (κ3) is 3.17. The second-order valence-electron chi connectivity index (χ2n) is 5.66. The molecule has 138 valence electrons. The molecule has 0 atom stereocenters. The number of benzene rings is 1. The molecular weight excluding hydrogens is 356 g/mol. The third-order valence-electron chi connectivity index (χ3n) is 3.91. The van der Waals surface area contributed by atoms with E-state index in [0.29, 0.717) is 30.3 Å². The normalized spacial score (nSPS) is 11.7. The average Bonchev–Trinajstić information content (AvgIpc) is 3.06. The molecule has 0 unspecified atom stereocenters. The Kier molecular flexibility index (Phi) is 4.73. The Bertz CT molecular complexity index is 1120. The number of nitrogens with zero attached hydrogens (tertiary/aromatic N) is 3. The molecule has 0 amide bonds. The molecule has 0 radical (unpaired) electrons. The van der Waals surface area contributed by atoms with Crippen molar-refractivity contribution in [3.8, 4) is 5.75 Å². The molecular formula is C17H20N4O4S. The molecule has 0 fully saturated rings. The molecule has 2 aromatic heterocycles. The van der Waals surface area contributed by atoms with Crippen molar-refractivity contribution in [3.05, 3.63) is 52.7 Å². The van der Waals surface area contributed by atoms with Gasteiger partial charge >= 0.3 is 0 Å². The summed E-state index contributed by atoms with van der Waals surface area (Å²) in [7, 11) is -2.36. The van der Waals surface area contributed by atoms with Crippen LogP contribution >= 0.6 is 0 Å². The highest BCUT2D eigenvalue weighted by Gasteiger charge is 2.21. The van der Waals surface area contributed by atoms with Gasteiger partial charge in [0.25, 0.3) is 15.6 Å². The fraction of sp³-hybridized carbons (Fsp3) is 0.294. The van der Waals surface area contributed by atoms with E-state index in [1.165, 1.54) is 21.3 Å². The Morgan fingerprint density at radius 3 is 2.65 bits per heavy atom. The maximum atomic E-state index is 12.8. The van der Waals surface area contributed by atoms with Gasteiger partial charge in [-0.05, 0) is 25.1 Å². The second kappa shape index (κ2) is 6.83. The Hall–Kier alpha value is -2.81. The standard InChI is InChI=1S/C17H20N4O4S/c1-4-16-18-20(3)17(22)14-10-12(11-21(14)16)26(23,24)19-13-8-6-7-9-15(13)25-5-2/h6-11,19H,4-5H2,1-3H3. The molecule has 0 bridgehead atoms. The maximum absolute atomic E-state index is 12.8. The van der Waals surface area contributed by atoms with Gasteiger partial charge in [0.1, 0.15) is 22.0 Å². The number of rotatable bonds is 6. The topological polar surface area (TPSA) is 94.7 Å². The molecule has 1 N–H and O–H groups in total. The number of nitrogens with one attached hydrogen (secondary N) is 1. The highest BCUT2D eigenvalue weighted by Crippen LogP contribution is 2.27. The summed E-state index contributed by atoms with van der Waals surface area (Å²) in [5.41, 5.74) is 0.238. The van der Waals surface area contributed by atoms with Crippen LogP contribution in [0.15, 0.2) is 46.2 Å². The van der Waals surface area contributed by atoms with Crippen molar-refractivity contribution in [1.82, 2.24) is 14.2 Å². The molecule has 3 aromatic rings. The smallest absolute Gasteiger partial charge is 0.290 e. The maximum Gasteiger partial charge on any atom is 0.290 e. The van der Waals surface area contributed by atoms with Crippen LogP contribution in [0.25, 0.3) is 5.52 Å². The number of para-hydroxylation sites is 2. The average molecular weight is 376 g/mol. The molecule has 0 aliphatic heterocycles. The molecule has 0 aliphatic rings. The van der Waals surface area contributed by atoms with Crippen LogP contribution in [0, 0.1) is 0 Å². The third-order valence-corrected chi connectivity index (χ3v) is 5.24.